The van der Waals surface area contributed by atoms with Gasteiger partial charge in [0.1, 0.15) is 18.0 Å². The van der Waals surface area contributed by atoms with E-state index in [0.29, 0.717) is 46.8 Å². The minimum atomic E-state index is -0.565. The molecule has 0 saturated carbocycles. The molecular formula is C32H44N8O3. The summed E-state index contributed by atoms with van der Waals surface area (Å²) in [5.74, 6) is 1.40. The van der Waals surface area contributed by atoms with Crippen molar-refractivity contribution in [3.05, 3.63) is 52.9 Å². The molecule has 1 amide bonds. The van der Waals surface area contributed by atoms with Gasteiger partial charge in [0.2, 0.25) is 23.4 Å². The Labute approximate surface area is 254 Å². The first-order valence-electron chi connectivity index (χ1n) is 14.9. The molecule has 1 fully saturated rings. The zero-order valence-electron chi connectivity index (χ0n) is 26.2. The third kappa shape index (κ3) is 7.08. The van der Waals surface area contributed by atoms with E-state index in [4.69, 9.17) is 25.0 Å². The third-order valence-electron chi connectivity index (χ3n) is 8.55. The van der Waals surface area contributed by atoms with Crippen LogP contribution in [0.5, 0.6) is 5.88 Å². The molecule has 11 heteroatoms. The maximum atomic E-state index is 11.7. The number of ether oxygens (including phenoxy) is 1. The van der Waals surface area contributed by atoms with Gasteiger partial charge in [0, 0.05) is 41.9 Å². The first-order chi connectivity index (χ1) is 20.5. The van der Waals surface area contributed by atoms with E-state index in [1.807, 2.05) is 13.0 Å². The lowest BCUT2D eigenvalue weighted by atomic mass is 9.66. The molecule has 4 N–H and O–H groups in total. The molecule has 2 aromatic rings. The van der Waals surface area contributed by atoms with E-state index in [1.54, 1.807) is 13.0 Å². The predicted octanol–water partition coefficient (Wildman–Crippen LogP) is 4.61. The molecule has 1 aliphatic heterocycles. The van der Waals surface area contributed by atoms with Crippen LogP contribution in [-0.2, 0) is 10.2 Å². The zero-order chi connectivity index (χ0) is 31.3. The summed E-state index contributed by atoms with van der Waals surface area (Å²) in [5, 5.41) is 20.6. The fourth-order valence-corrected chi connectivity index (χ4v) is 6.25. The third-order valence-corrected chi connectivity index (χ3v) is 8.55. The molecular weight excluding hydrogens is 544 g/mol. The molecule has 0 radical (unpaired) electrons. The minimum Gasteiger partial charge on any atom is -0.473 e. The van der Waals surface area contributed by atoms with Crippen LogP contribution in [-0.4, -0.2) is 64.3 Å². The molecule has 0 unspecified atom stereocenters. The van der Waals surface area contributed by atoms with Crippen LogP contribution in [0.15, 0.2) is 51.7 Å². The number of amides is 1. The summed E-state index contributed by atoms with van der Waals surface area (Å²) in [6.07, 6.45) is 5.98. The van der Waals surface area contributed by atoms with Crippen LogP contribution in [0.2, 0.25) is 0 Å². The second-order valence-corrected chi connectivity index (χ2v) is 12.0. The minimum absolute atomic E-state index is 0.0924. The highest BCUT2D eigenvalue weighted by atomic mass is 16.5. The van der Waals surface area contributed by atoms with Crippen molar-refractivity contribution in [2.24, 2.45) is 5.73 Å². The smallest absolute Gasteiger partial charge is 0.243 e. The molecule has 0 spiro atoms. The Kier molecular flexibility index (Phi) is 9.91. The highest BCUT2D eigenvalue weighted by molar-refractivity contribution is 5.86. The van der Waals surface area contributed by atoms with E-state index in [2.05, 4.69) is 61.2 Å². The summed E-state index contributed by atoms with van der Waals surface area (Å²) in [6.45, 7) is 14.8. The Morgan fingerprint density at radius 2 is 2.14 bits per heavy atom. The molecule has 2 aromatic heterocycles. The Hall–Kier alpha value is -4.17. The number of carbonyl (C=O) groups excluding carboxylic acids is 1. The molecule has 11 nitrogen and oxygen atoms in total. The lowest BCUT2D eigenvalue weighted by Crippen LogP contribution is -2.38. The Bertz CT molecular complexity index is 1450. The van der Waals surface area contributed by atoms with Crippen LogP contribution in [0.4, 0.5) is 5.82 Å². The Balaban J connectivity index is 1.69. The molecule has 230 valence electrons. The van der Waals surface area contributed by atoms with Gasteiger partial charge in [-0.3, -0.25) is 9.69 Å². The Morgan fingerprint density at radius 3 is 2.79 bits per heavy atom. The van der Waals surface area contributed by atoms with E-state index < -0.39 is 5.41 Å². The molecule has 0 bridgehead atoms. The van der Waals surface area contributed by atoms with Crippen molar-refractivity contribution in [3.8, 4) is 23.5 Å². The average molecular weight is 589 g/mol. The number of carbonyl (C=O) groups is 1. The number of allylic oxidation sites excluding steroid dienone is 4. The highest BCUT2D eigenvalue weighted by Crippen LogP contribution is 2.46. The molecule has 4 atom stereocenters. The lowest BCUT2D eigenvalue weighted by Gasteiger charge is -2.36. The molecule has 4 rings (SSSR count). The van der Waals surface area contributed by atoms with Crippen molar-refractivity contribution in [1.82, 2.24) is 25.3 Å². The molecule has 1 saturated heterocycles. The number of hydrogen-bond donors (Lipinski definition) is 3. The van der Waals surface area contributed by atoms with Gasteiger partial charge in [0.25, 0.3) is 0 Å². The number of nitrogens with two attached hydrogens (primary N) is 1. The summed E-state index contributed by atoms with van der Waals surface area (Å²) >= 11 is 0. The van der Waals surface area contributed by atoms with E-state index in [-0.39, 0.29) is 24.1 Å². The maximum Gasteiger partial charge on any atom is 0.243 e. The summed E-state index contributed by atoms with van der Waals surface area (Å²) < 4.78 is 12.2. The van der Waals surface area contributed by atoms with E-state index in [0.717, 1.165) is 49.8 Å². The van der Waals surface area contributed by atoms with Crippen LogP contribution >= 0.6 is 0 Å². The number of nitrogens with zero attached hydrogens (tertiary/aromatic N) is 5. The Morgan fingerprint density at radius 1 is 1.37 bits per heavy atom. The van der Waals surface area contributed by atoms with E-state index >= 15 is 0 Å². The summed E-state index contributed by atoms with van der Waals surface area (Å²) in [7, 11) is 2.11. The standard InChI is InChI=1S/C32H44N8O3/c1-8-28(41)35-18-20(3)36-27-16-29(42-22(5)24-12-10-14-40(24)7)38-31(37-27)25-15-26(39-43-25)32(6)13-9-11-19(2)30(32)23(17-33)21(4)34/h8,15-16,20,22,24H,1,9-14,18,34H2,2-7H3,(H,35,41)(H,36,37,38)/b23-21+/t20-,22+,24+,32-/m1/s1. The molecule has 2 aliphatic rings. The number of likely N-dealkylation sites (tertiary alicyclic amines) is 1. The number of hydrogen-bond acceptors (Lipinski definition) is 10. The normalized spacial score (nSPS) is 22.8. The maximum absolute atomic E-state index is 11.7. The summed E-state index contributed by atoms with van der Waals surface area (Å²) in [6, 6.07) is 6.07. The van der Waals surface area contributed by atoms with Crippen molar-refractivity contribution in [3.63, 3.8) is 0 Å². The number of nitrogens with one attached hydrogen (secondary N) is 2. The van der Waals surface area contributed by atoms with E-state index in [9.17, 15) is 10.1 Å². The first-order valence-corrected chi connectivity index (χ1v) is 14.9. The summed E-state index contributed by atoms with van der Waals surface area (Å²) in [5.41, 5.74) is 9.29. The van der Waals surface area contributed by atoms with Crippen LogP contribution in [0.3, 0.4) is 0 Å². The van der Waals surface area contributed by atoms with Gasteiger partial charge < -0.3 is 25.6 Å². The summed E-state index contributed by atoms with van der Waals surface area (Å²) in [4.78, 5) is 23.4. The molecule has 3 heterocycles. The molecule has 0 aromatic carbocycles. The number of likely N-dealkylation sites (N-methyl/N-ethyl adjacent to an activating group) is 1. The van der Waals surface area contributed by atoms with E-state index in [1.165, 1.54) is 6.08 Å². The zero-order valence-corrected chi connectivity index (χ0v) is 26.2. The van der Waals surface area contributed by atoms with Gasteiger partial charge in [0.15, 0.2) is 0 Å². The van der Waals surface area contributed by atoms with Gasteiger partial charge in [-0.2, -0.15) is 10.2 Å². The topological polar surface area (TPSA) is 155 Å². The van der Waals surface area contributed by atoms with Crippen LogP contribution < -0.4 is 21.1 Å². The van der Waals surface area contributed by atoms with Crippen LogP contribution in [0, 0.1) is 11.3 Å². The van der Waals surface area contributed by atoms with Crippen molar-refractivity contribution in [2.75, 3.05) is 25.5 Å². The number of rotatable bonds is 11. The monoisotopic (exact) mass is 588 g/mol. The van der Waals surface area contributed by atoms with Gasteiger partial charge >= 0.3 is 0 Å². The fourth-order valence-electron chi connectivity index (χ4n) is 6.25. The quantitative estimate of drug-likeness (QED) is 0.250. The fraction of sp³-hybridized carbons (Fsp3) is 0.531. The second-order valence-electron chi connectivity index (χ2n) is 12.0. The van der Waals surface area contributed by atoms with Crippen molar-refractivity contribution in [1.29, 1.82) is 5.26 Å². The number of nitriles is 1. The van der Waals surface area contributed by atoms with Gasteiger partial charge in [-0.05, 0) is 92.0 Å². The van der Waals surface area contributed by atoms with Crippen molar-refractivity contribution in [2.45, 2.75) is 90.3 Å². The van der Waals surface area contributed by atoms with Gasteiger partial charge in [-0.15, -0.1) is 0 Å². The lowest BCUT2D eigenvalue weighted by molar-refractivity contribution is -0.116. The van der Waals surface area contributed by atoms with Crippen molar-refractivity contribution >= 4 is 11.7 Å². The van der Waals surface area contributed by atoms with Gasteiger partial charge in [-0.25, -0.2) is 4.98 Å². The van der Waals surface area contributed by atoms with Crippen molar-refractivity contribution < 1.29 is 14.1 Å². The predicted molar refractivity (Wildman–Crippen MR) is 166 cm³/mol. The van der Waals surface area contributed by atoms with Crippen LogP contribution in [0.1, 0.15) is 72.4 Å². The number of anilines is 1. The largest absolute Gasteiger partial charge is 0.473 e. The molecule has 1 aliphatic carbocycles. The molecule has 43 heavy (non-hydrogen) atoms. The van der Waals surface area contributed by atoms with Gasteiger partial charge in [-0.1, -0.05) is 17.3 Å². The second kappa shape index (κ2) is 13.4. The van der Waals surface area contributed by atoms with Gasteiger partial charge in [0.05, 0.1) is 11.3 Å². The first kappa shape index (κ1) is 31.8. The number of aromatic nitrogens is 3. The average Bonchev–Trinajstić information content (AvgIpc) is 3.63. The van der Waals surface area contributed by atoms with Crippen LogP contribution in [0.25, 0.3) is 11.6 Å². The highest BCUT2D eigenvalue weighted by Gasteiger charge is 2.40. The SMILES string of the molecule is C=CC(=O)NC[C@@H](C)Nc1cc(O[C@@H](C)[C@@H]2CCCN2C)nc(-c2cc([C@@]3(C)CCCC(C)=C3/C(C#N)=C(\C)N)no2)n1.